The van der Waals surface area contributed by atoms with Crippen LogP contribution >= 0.6 is 11.3 Å². The van der Waals surface area contributed by atoms with Crippen molar-refractivity contribution < 1.29 is 14.7 Å². The fourth-order valence-corrected chi connectivity index (χ4v) is 3.69. The summed E-state index contributed by atoms with van der Waals surface area (Å²) in [6.07, 6.45) is 4.27. The van der Waals surface area contributed by atoms with Crippen LogP contribution in [0.1, 0.15) is 54.4 Å². The number of aryl methyl sites for hydroxylation is 1. The Morgan fingerprint density at radius 1 is 1.30 bits per heavy atom. The fourth-order valence-electron chi connectivity index (χ4n) is 2.57. The third-order valence-electron chi connectivity index (χ3n) is 3.64. The monoisotopic (exact) mass is 295 g/mol. The van der Waals surface area contributed by atoms with Gasteiger partial charge in [0, 0.05) is 15.8 Å². The third-order valence-corrected chi connectivity index (χ3v) is 4.73. The lowest BCUT2D eigenvalue weighted by atomic mass is 9.94. The molecule has 1 heterocycles. The third kappa shape index (κ3) is 3.03. The van der Waals surface area contributed by atoms with Gasteiger partial charge in [0.25, 0.3) is 5.91 Å². The van der Waals surface area contributed by atoms with Crippen LogP contribution in [0.4, 0.5) is 0 Å². The van der Waals surface area contributed by atoms with Crippen LogP contribution in [0.25, 0.3) is 0 Å². The Morgan fingerprint density at radius 3 is 2.55 bits per heavy atom. The van der Waals surface area contributed by atoms with Gasteiger partial charge in [-0.1, -0.05) is 0 Å². The highest BCUT2D eigenvalue weighted by molar-refractivity contribution is 7.10. The van der Waals surface area contributed by atoms with Crippen LogP contribution in [-0.2, 0) is 17.6 Å². The Morgan fingerprint density at radius 2 is 1.95 bits per heavy atom. The molecule has 0 bridgehead atoms. The molecule has 0 atom stereocenters. The second-order valence-corrected chi connectivity index (χ2v) is 7.18. The molecule has 1 aliphatic carbocycles. The highest BCUT2D eigenvalue weighted by Gasteiger charge is 2.31. The minimum Gasteiger partial charge on any atom is -0.480 e. The van der Waals surface area contributed by atoms with Crippen molar-refractivity contribution in [2.24, 2.45) is 0 Å². The van der Waals surface area contributed by atoms with E-state index in [4.69, 9.17) is 5.11 Å². The molecule has 0 spiro atoms. The summed E-state index contributed by atoms with van der Waals surface area (Å²) in [5.41, 5.74) is 1.35. The molecule has 0 saturated heterocycles. The van der Waals surface area contributed by atoms with E-state index in [0.717, 1.165) is 24.8 Å². The molecule has 0 aromatic carbocycles. The maximum atomic E-state index is 12.7. The van der Waals surface area contributed by atoms with E-state index in [0.29, 0.717) is 5.56 Å². The van der Waals surface area contributed by atoms with Crippen LogP contribution < -0.4 is 0 Å². The SMILES string of the molecule is CC(C)(C)N(CC(=O)O)C(=O)c1csc2c1CCCC2. The van der Waals surface area contributed by atoms with Crippen molar-refractivity contribution in [2.75, 3.05) is 6.54 Å². The number of nitrogens with zero attached hydrogens (tertiary/aromatic N) is 1. The summed E-state index contributed by atoms with van der Waals surface area (Å²) in [5.74, 6) is -1.13. The van der Waals surface area contributed by atoms with E-state index in [1.165, 1.54) is 16.2 Å². The van der Waals surface area contributed by atoms with Gasteiger partial charge in [-0.05, 0) is 52.0 Å². The van der Waals surface area contributed by atoms with Crippen molar-refractivity contribution in [3.63, 3.8) is 0 Å². The first-order valence-electron chi connectivity index (χ1n) is 6.93. The lowest BCUT2D eigenvalue weighted by Gasteiger charge is -2.34. The number of carbonyl (C=O) groups excluding carboxylic acids is 1. The van der Waals surface area contributed by atoms with Crippen LogP contribution in [0.3, 0.4) is 0 Å². The number of carboxylic acids is 1. The van der Waals surface area contributed by atoms with Crippen LogP contribution in [0.15, 0.2) is 5.38 Å². The molecule has 1 aromatic rings. The summed E-state index contributed by atoms with van der Waals surface area (Å²) in [6.45, 7) is 5.35. The van der Waals surface area contributed by atoms with Crippen molar-refractivity contribution in [1.82, 2.24) is 4.90 Å². The number of carbonyl (C=O) groups is 2. The molecule has 0 unspecified atom stereocenters. The Kier molecular flexibility index (Phi) is 4.18. The Hall–Kier alpha value is -1.36. The number of aliphatic carboxylic acids is 1. The maximum absolute atomic E-state index is 12.7. The number of hydrogen-bond donors (Lipinski definition) is 1. The summed E-state index contributed by atoms with van der Waals surface area (Å²) in [5, 5.41) is 10.9. The molecule has 1 aromatic heterocycles. The average molecular weight is 295 g/mol. The maximum Gasteiger partial charge on any atom is 0.323 e. The van der Waals surface area contributed by atoms with Gasteiger partial charge in [-0.15, -0.1) is 11.3 Å². The highest BCUT2D eigenvalue weighted by Crippen LogP contribution is 2.32. The van der Waals surface area contributed by atoms with Crippen LogP contribution in [0.2, 0.25) is 0 Å². The van der Waals surface area contributed by atoms with Gasteiger partial charge in [0.1, 0.15) is 6.54 Å². The predicted octanol–water partition coefficient (Wildman–Crippen LogP) is 2.95. The number of amides is 1. The summed E-state index contributed by atoms with van der Waals surface area (Å²) in [4.78, 5) is 26.5. The number of rotatable bonds is 3. The van der Waals surface area contributed by atoms with Crippen LogP contribution in [0, 0.1) is 0 Å². The molecule has 1 amide bonds. The Labute approximate surface area is 123 Å². The Bertz CT molecular complexity index is 528. The van der Waals surface area contributed by atoms with Crippen LogP contribution in [-0.4, -0.2) is 34.0 Å². The van der Waals surface area contributed by atoms with Crippen molar-refractivity contribution in [3.05, 3.63) is 21.4 Å². The minimum absolute atomic E-state index is 0.153. The summed E-state index contributed by atoms with van der Waals surface area (Å²) >= 11 is 1.63. The first-order chi connectivity index (χ1) is 9.30. The van der Waals surface area contributed by atoms with Gasteiger partial charge in [-0.3, -0.25) is 9.59 Å². The number of hydrogen-bond acceptors (Lipinski definition) is 3. The molecule has 0 saturated carbocycles. The van der Waals surface area contributed by atoms with Crippen molar-refractivity contribution >= 4 is 23.2 Å². The second kappa shape index (κ2) is 5.56. The van der Waals surface area contributed by atoms with Crippen LogP contribution in [0.5, 0.6) is 0 Å². The highest BCUT2D eigenvalue weighted by atomic mass is 32.1. The van der Waals surface area contributed by atoms with E-state index in [2.05, 4.69) is 0 Å². The zero-order chi connectivity index (χ0) is 14.9. The standard InChI is InChI=1S/C15H21NO3S/c1-15(2,3)16(8-13(17)18)14(19)11-9-20-12-7-5-4-6-10(11)12/h9H,4-8H2,1-3H3,(H,17,18). The van der Waals surface area contributed by atoms with E-state index >= 15 is 0 Å². The molecule has 5 heteroatoms. The minimum atomic E-state index is -0.975. The van der Waals surface area contributed by atoms with Gasteiger partial charge >= 0.3 is 5.97 Å². The molecule has 20 heavy (non-hydrogen) atoms. The van der Waals surface area contributed by atoms with Gasteiger partial charge in [-0.25, -0.2) is 0 Å². The van der Waals surface area contributed by atoms with E-state index in [1.54, 1.807) is 11.3 Å². The molecule has 110 valence electrons. The average Bonchev–Trinajstić information content (AvgIpc) is 2.77. The lowest BCUT2D eigenvalue weighted by molar-refractivity contribution is -0.138. The van der Waals surface area contributed by atoms with Gasteiger partial charge in [0.05, 0.1) is 5.56 Å². The lowest BCUT2D eigenvalue weighted by Crippen LogP contribution is -2.48. The topological polar surface area (TPSA) is 57.6 Å². The first kappa shape index (κ1) is 15.0. The largest absolute Gasteiger partial charge is 0.480 e. The van der Waals surface area contributed by atoms with E-state index in [-0.39, 0.29) is 12.5 Å². The molecule has 2 rings (SSSR count). The van der Waals surface area contributed by atoms with E-state index in [9.17, 15) is 9.59 Å². The Balaban J connectivity index is 2.32. The smallest absolute Gasteiger partial charge is 0.323 e. The molecule has 0 fully saturated rings. The van der Waals surface area contributed by atoms with Crippen molar-refractivity contribution in [2.45, 2.75) is 52.0 Å². The van der Waals surface area contributed by atoms with Gasteiger partial charge in [-0.2, -0.15) is 0 Å². The number of carboxylic acid groups (broad SMARTS) is 1. The predicted molar refractivity (Wildman–Crippen MR) is 79.4 cm³/mol. The van der Waals surface area contributed by atoms with Crippen molar-refractivity contribution in [3.8, 4) is 0 Å². The summed E-state index contributed by atoms with van der Waals surface area (Å²) in [7, 11) is 0. The van der Waals surface area contributed by atoms with Crippen molar-refractivity contribution in [1.29, 1.82) is 0 Å². The normalized spacial score (nSPS) is 14.8. The second-order valence-electron chi connectivity index (χ2n) is 6.21. The quantitative estimate of drug-likeness (QED) is 0.932. The fraction of sp³-hybridized carbons (Fsp3) is 0.600. The number of fused-ring (bicyclic) bond motifs is 1. The van der Waals surface area contributed by atoms with E-state index in [1.807, 2.05) is 26.2 Å². The van der Waals surface area contributed by atoms with Gasteiger partial charge < -0.3 is 10.0 Å². The van der Waals surface area contributed by atoms with Gasteiger partial charge in [0.15, 0.2) is 0 Å². The molecule has 0 aliphatic heterocycles. The molecular formula is C15H21NO3S. The molecular weight excluding hydrogens is 274 g/mol. The van der Waals surface area contributed by atoms with E-state index < -0.39 is 11.5 Å². The molecule has 0 radical (unpaired) electrons. The molecule has 4 nitrogen and oxygen atoms in total. The zero-order valence-corrected chi connectivity index (χ0v) is 13.0. The molecule has 1 N–H and O–H groups in total. The zero-order valence-electron chi connectivity index (χ0n) is 12.2. The first-order valence-corrected chi connectivity index (χ1v) is 7.81. The summed E-state index contributed by atoms with van der Waals surface area (Å²) < 4.78 is 0. The van der Waals surface area contributed by atoms with Gasteiger partial charge in [0.2, 0.25) is 0 Å². The molecule has 1 aliphatic rings. The summed E-state index contributed by atoms with van der Waals surface area (Å²) in [6, 6.07) is 0. The number of thiophene rings is 1.